The molecule has 0 aliphatic rings. The Balaban J connectivity index is 2.49. The van der Waals surface area contributed by atoms with Gasteiger partial charge in [0.25, 0.3) is 0 Å². The summed E-state index contributed by atoms with van der Waals surface area (Å²) < 4.78 is 0. The number of nitrogens with one attached hydrogen (secondary N) is 1. The molecule has 1 atom stereocenters. The first kappa shape index (κ1) is 17.2. The summed E-state index contributed by atoms with van der Waals surface area (Å²) in [7, 11) is 0. The van der Waals surface area contributed by atoms with Crippen molar-refractivity contribution < 1.29 is 14.7 Å². The predicted octanol–water partition coefficient (Wildman–Crippen LogP) is 2.01. The molecule has 5 heteroatoms. The highest BCUT2D eigenvalue weighted by Gasteiger charge is 2.14. The Morgan fingerprint density at radius 3 is 2.62 bits per heavy atom. The van der Waals surface area contributed by atoms with Crippen molar-refractivity contribution in [1.82, 2.24) is 5.32 Å². The summed E-state index contributed by atoms with van der Waals surface area (Å²) in [6.45, 7) is 5.05. The third-order valence-corrected chi connectivity index (χ3v) is 3.28. The molecule has 0 heterocycles. The van der Waals surface area contributed by atoms with E-state index in [4.69, 9.17) is 10.8 Å². The number of hydrogen-bond donors (Lipinski definition) is 3. The Hall–Kier alpha value is -1.88. The van der Waals surface area contributed by atoms with Gasteiger partial charge in [0.2, 0.25) is 5.91 Å². The van der Waals surface area contributed by atoms with Gasteiger partial charge in [0.05, 0.1) is 5.56 Å². The summed E-state index contributed by atoms with van der Waals surface area (Å²) in [6, 6.07) is 6.56. The van der Waals surface area contributed by atoms with Crippen LogP contribution in [0.1, 0.15) is 42.6 Å². The van der Waals surface area contributed by atoms with Gasteiger partial charge in [0, 0.05) is 13.0 Å². The molecule has 0 saturated carbocycles. The van der Waals surface area contributed by atoms with Crippen LogP contribution in [0.25, 0.3) is 0 Å². The molecule has 0 fully saturated rings. The minimum Gasteiger partial charge on any atom is -0.478 e. The summed E-state index contributed by atoms with van der Waals surface area (Å²) in [5, 5.41) is 11.7. The minimum atomic E-state index is -0.969. The number of carbonyl (C=O) groups is 2. The molecule has 0 aliphatic heterocycles. The Bertz CT molecular complexity index is 486. The van der Waals surface area contributed by atoms with Crippen molar-refractivity contribution >= 4 is 11.9 Å². The lowest BCUT2D eigenvalue weighted by molar-refractivity contribution is -0.122. The lowest BCUT2D eigenvalue weighted by atomic mass is 9.94. The molecule has 0 radical (unpaired) electrons. The van der Waals surface area contributed by atoms with Crippen molar-refractivity contribution in [3.8, 4) is 0 Å². The average molecular weight is 292 g/mol. The van der Waals surface area contributed by atoms with Crippen LogP contribution < -0.4 is 11.1 Å². The SMILES string of the molecule is CC(C)C[C@H](CN)CC(=O)NCc1cccc(C(=O)O)c1. The third-order valence-electron chi connectivity index (χ3n) is 3.28. The summed E-state index contributed by atoms with van der Waals surface area (Å²) in [5.74, 6) is -0.316. The largest absolute Gasteiger partial charge is 0.478 e. The van der Waals surface area contributed by atoms with Crippen LogP contribution in [-0.2, 0) is 11.3 Å². The zero-order valence-electron chi connectivity index (χ0n) is 12.6. The number of rotatable bonds is 8. The first-order chi connectivity index (χ1) is 9.92. The zero-order chi connectivity index (χ0) is 15.8. The molecule has 1 aromatic rings. The lowest BCUT2D eigenvalue weighted by Crippen LogP contribution is -2.28. The van der Waals surface area contributed by atoms with Gasteiger partial charge in [-0.15, -0.1) is 0 Å². The van der Waals surface area contributed by atoms with Gasteiger partial charge in [0.1, 0.15) is 0 Å². The molecule has 0 spiro atoms. The fourth-order valence-corrected chi connectivity index (χ4v) is 2.28. The Morgan fingerprint density at radius 1 is 1.33 bits per heavy atom. The van der Waals surface area contributed by atoms with Gasteiger partial charge in [0.15, 0.2) is 0 Å². The van der Waals surface area contributed by atoms with E-state index in [1.165, 1.54) is 6.07 Å². The number of carboxylic acid groups (broad SMARTS) is 1. The molecule has 0 bridgehead atoms. The van der Waals surface area contributed by atoms with Crippen molar-refractivity contribution in [2.45, 2.75) is 33.2 Å². The van der Waals surface area contributed by atoms with Gasteiger partial charge in [-0.2, -0.15) is 0 Å². The van der Waals surface area contributed by atoms with E-state index in [2.05, 4.69) is 19.2 Å². The molecule has 1 aromatic carbocycles. The molecule has 0 unspecified atom stereocenters. The smallest absolute Gasteiger partial charge is 0.335 e. The Kier molecular flexibility index (Phi) is 6.88. The molecular weight excluding hydrogens is 268 g/mol. The van der Waals surface area contributed by atoms with Crippen LogP contribution in [0.4, 0.5) is 0 Å². The van der Waals surface area contributed by atoms with Crippen molar-refractivity contribution in [3.05, 3.63) is 35.4 Å². The molecule has 1 amide bonds. The number of benzene rings is 1. The second kappa shape index (κ2) is 8.42. The number of aromatic carboxylic acids is 1. The highest BCUT2D eigenvalue weighted by molar-refractivity contribution is 5.87. The monoisotopic (exact) mass is 292 g/mol. The summed E-state index contributed by atoms with van der Waals surface area (Å²) >= 11 is 0. The topological polar surface area (TPSA) is 92.4 Å². The number of hydrogen-bond acceptors (Lipinski definition) is 3. The van der Waals surface area contributed by atoms with Gasteiger partial charge in [-0.05, 0) is 42.5 Å². The molecule has 4 N–H and O–H groups in total. The molecule has 0 aromatic heterocycles. The van der Waals surface area contributed by atoms with Crippen molar-refractivity contribution in [3.63, 3.8) is 0 Å². The van der Waals surface area contributed by atoms with Gasteiger partial charge >= 0.3 is 5.97 Å². The summed E-state index contributed by atoms with van der Waals surface area (Å²) in [6.07, 6.45) is 1.34. The van der Waals surface area contributed by atoms with Crippen LogP contribution in [0.2, 0.25) is 0 Å². The highest BCUT2D eigenvalue weighted by atomic mass is 16.4. The quantitative estimate of drug-likeness (QED) is 0.683. The van der Waals surface area contributed by atoms with Crippen LogP contribution >= 0.6 is 0 Å². The maximum Gasteiger partial charge on any atom is 0.335 e. The van der Waals surface area contributed by atoms with E-state index >= 15 is 0 Å². The fourth-order valence-electron chi connectivity index (χ4n) is 2.28. The van der Waals surface area contributed by atoms with Crippen LogP contribution in [0.15, 0.2) is 24.3 Å². The predicted molar refractivity (Wildman–Crippen MR) is 81.9 cm³/mol. The van der Waals surface area contributed by atoms with E-state index in [0.717, 1.165) is 12.0 Å². The molecule has 1 rings (SSSR count). The number of nitrogens with two attached hydrogens (primary N) is 1. The van der Waals surface area contributed by atoms with Crippen LogP contribution in [0, 0.1) is 11.8 Å². The number of carboxylic acids is 1. The maximum atomic E-state index is 11.9. The second-order valence-electron chi connectivity index (χ2n) is 5.72. The third kappa shape index (κ3) is 6.40. The number of carbonyl (C=O) groups excluding carboxylic acids is 1. The van der Waals surface area contributed by atoms with Gasteiger partial charge in [-0.25, -0.2) is 4.79 Å². The molecule has 21 heavy (non-hydrogen) atoms. The molecule has 0 saturated heterocycles. The normalized spacial score (nSPS) is 12.2. The lowest BCUT2D eigenvalue weighted by Gasteiger charge is -2.16. The standard InChI is InChI=1S/C16H24N2O3/c1-11(2)6-13(9-17)8-15(19)18-10-12-4-3-5-14(7-12)16(20)21/h3-5,7,11,13H,6,8-10,17H2,1-2H3,(H,18,19)(H,20,21)/t13-/m0/s1. The van der Waals surface area contributed by atoms with E-state index < -0.39 is 5.97 Å². The molecular formula is C16H24N2O3. The van der Waals surface area contributed by atoms with Crippen molar-refractivity contribution in [2.75, 3.05) is 6.54 Å². The van der Waals surface area contributed by atoms with Gasteiger partial charge < -0.3 is 16.2 Å². The fraction of sp³-hybridized carbons (Fsp3) is 0.500. The second-order valence-corrected chi connectivity index (χ2v) is 5.72. The Morgan fingerprint density at radius 2 is 2.05 bits per heavy atom. The average Bonchev–Trinajstić information content (AvgIpc) is 2.44. The Labute approximate surface area is 125 Å². The molecule has 0 aliphatic carbocycles. The van der Waals surface area contributed by atoms with Crippen molar-refractivity contribution in [1.29, 1.82) is 0 Å². The van der Waals surface area contributed by atoms with E-state index in [1.807, 2.05) is 0 Å². The van der Waals surface area contributed by atoms with Gasteiger partial charge in [-0.1, -0.05) is 26.0 Å². The van der Waals surface area contributed by atoms with Crippen LogP contribution in [-0.4, -0.2) is 23.5 Å². The van der Waals surface area contributed by atoms with Gasteiger partial charge in [-0.3, -0.25) is 4.79 Å². The zero-order valence-corrected chi connectivity index (χ0v) is 12.6. The maximum absolute atomic E-state index is 11.9. The molecule has 116 valence electrons. The van der Waals surface area contributed by atoms with E-state index in [1.54, 1.807) is 18.2 Å². The summed E-state index contributed by atoms with van der Waals surface area (Å²) in [4.78, 5) is 22.8. The van der Waals surface area contributed by atoms with Crippen LogP contribution in [0.3, 0.4) is 0 Å². The van der Waals surface area contributed by atoms with E-state index in [-0.39, 0.29) is 17.4 Å². The molecule has 5 nitrogen and oxygen atoms in total. The van der Waals surface area contributed by atoms with E-state index in [9.17, 15) is 9.59 Å². The minimum absolute atomic E-state index is 0.0492. The van der Waals surface area contributed by atoms with E-state index in [0.29, 0.717) is 25.4 Å². The highest BCUT2D eigenvalue weighted by Crippen LogP contribution is 2.14. The van der Waals surface area contributed by atoms with Crippen LogP contribution in [0.5, 0.6) is 0 Å². The first-order valence-corrected chi connectivity index (χ1v) is 7.21. The number of amides is 1. The summed E-state index contributed by atoms with van der Waals surface area (Å²) in [5.41, 5.74) is 6.68. The van der Waals surface area contributed by atoms with Crippen molar-refractivity contribution in [2.24, 2.45) is 17.6 Å². The first-order valence-electron chi connectivity index (χ1n) is 7.21.